The fraction of sp³-hybridized carbons (Fsp3) is 0.400. The van der Waals surface area contributed by atoms with Crippen LogP contribution in [0.5, 0.6) is 5.75 Å². The number of aromatic nitrogens is 2. The molecule has 0 aliphatic carbocycles. The Labute approximate surface area is 130 Å². The molecular formula is C15H21ClN4O. The zero-order valence-corrected chi connectivity index (χ0v) is 13.7. The van der Waals surface area contributed by atoms with Gasteiger partial charge < -0.3 is 15.8 Å². The smallest absolute Gasteiger partial charge is 0.152 e. The van der Waals surface area contributed by atoms with Crippen molar-refractivity contribution < 1.29 is 4.74 Å². The molecule has 1 heterocycles. The number of ether oxygens (including phenoxy) is 1. The van der Waals surface area contributed by atoms with Gasteiger partial charge in [0.25, 0.3) is 0 Å². The van der Waals surface area contributed by atoms with Crippen LogP contribution in [0.1, 0.15) is 31.1 Å². The van der Waals surface area contributed by atoms with Crippen molar-refractivity contribution in [2.45, 2.75) is 33.7 Å². The molecule has 0 aliphatic rings. The van der Waals surface area contributed by atoms with E-state index in [1.54, 1.807) is 13.2 Å². The fourth-order valence-corrected chi connectivity index (χ4v) is 2.27. The highest BCUT2D eigenvalue weighted by Crippen LogP contribution is 2.36. The van der Waals surface area contributed by atoms with E-state index < -0.39 is 0 Å². The van der Waals surface area contributed by atoms with Gasteiger partial charge in [0.15, 0.2) is 5.82 Å². The summed E-state index contributed by atoms with van der Waals surface area (Å²) in [6, 6.07) is 3.93. The Morgan fingerprint density at radius 2 is 2.00 bits per heavy atom. The van der Waals surface area contributed by atoms with E-state index in [4.69, 9.17) is 22.1 Å². The lowest BCUT2D eigenvalue weighted by molar-refractivity contribution is 0.416. The van der Waals surface area contributed by atoms with Gasteiger partial charge in [-0.25, -0.2) is 4.68 Å². The predicted octanol–water partition coefficient (Wildman–Crippen LogP) is 4.07. The SMILES string of the molecule is COc1cc(Cl)c(C)cc1Nc1c(N)c(C)nn1C(C)C. The molecule has 1 aromatic heterocycles. The van der Waals surface area contributed by atoms with Crippen molar-refractivity contribution in [3.05, 3.63) is 28.4 Å². The standard InChI is InChI=1S/C15H21ClN4O/c1-8(2)20-15(14(17)10(4)19-20)18-12-6-9(3)11(16)7-13(12)21-5/h6-8,18H,17H2,1-5H3. The number of methoxy groups -OCH3 is 1. The first-order valence-corrected chi connectivity index (χ1v) is 7.18. The number of hydrogen-bond acceptors (Lipinski definition) is 4. The number of halogens is 1. The lowest BCUT2D eigenvalue weighted by atomic mass is 10.2. The van der Waals surface area contributed by atoms with Crippen LogP contribution in [0.2, 0.25) is 5.02 Å². The van der Waals surface area contributed by atoms with E-state index in [1.807, 2.05) is 24.6 Å². The van der Waals surface area contributed by atoms with Crippen molar-refractivity contribution in [3.8, 4) is 5.75 Å². The van der Waals surface area contributed by atoms with Gasteiger partial charge in [-0.15, -0.1) is 0 Å². The molecule has 114 valence electrons. The van der Waals surface area contributed by atoms with E-state index in [0.717, 1.165) is 22.8 Å². The molecule has 0 aliphatic heterocycles. The normalized spacial score (nSPS) is 11.0. The zero-order valence-electron chi connectivity index (χ0n) is 13.0. The van der Waals surface area contributed by atoms with Crippen LogP contribution in [0.3, 0.4) is 0 Å². The van der Waals surface area contributed by atoms with Gasteiger partial charge in [0.2, 0.25) is 0 Å². The van der Waals surface area contributed by atoms with E-state index in [9.17, 15) is 0 Å². The molecule has 2 aromatic rings. The van der Waals surface area contributed by atoms with Crippen molar-refractivity contribution in [2.24, 2.45) is 0 Å². The van der Waals surface area contributed by atoms with Crippen LogP contribution in [0.15, 0.2) is 12.1 Å². The molecule has 1 aromatic carbocycles. The monoisotopic (exact) mass is 308 g/mol. The van der Waals surface area contributed by atoms with Crippen molar-refractivity contribution in [2.75, 3.05) is 18.2 Å². The molecular weight excluding hydrogens is 288 g/mol. The average molecular weight is 309 g/mol. The van der Waals surface area contributed by atoms with Crippen LogP contribution in [0.25, 0.3) is 0 Å². The summed E-state index contributed by atoms with van der Waals surface area (Å²) >= 11 is 6.13. The largest absolute Gasteiger partial charge is 0.495 e. The lowest BCUT2D eigenvalue weighted by Crippen LogP contribution is -2.08. The number of anilines is 3. The van der Waals surface area contributed by atoms with Crippen molar-refractivity contribution in [3.63, 3.8) is 0 Å². The fourth-order valence-electron chi connectivity index (χ4n) is 2.12. The molecule has 0 saturated heterocycles. The average Bonchev–Trinajstić information content (AvgIpc) is 2.71. The molecule has 0 unspecified atom stereocenters. The minimum Gasteiger partial charge on any atom is -0.495 e. The molecule has 0 fully saturated rings. The van der Waals surface area contributed by atoms with Gasteiger partial charge in [-0.1, -0.05) is 11.6 Å². The van der Waals surface area contributed by atoms with Crippen molar-refractivity contribution in [1.82, 2.24) is 9.78 Å². The summed E-state index contributed by atoms with van der Waals surface area (Å²) in [5.74, 6) is 1.43. The Morgan fingerprint density at radius 1 is 1.33 bits per heavy atom. The topological polar surface area (TPSA) is 65.1 Å². The molecule has 0 saturated carbocycles. The summed E-state index contributed by atoms with van der Waals surface area (Å²) < 4.78 is 7.25. The summed E-state index contributed by atoms with van der Waals surface area (Å²) in [6.45, 7) is 7.95. The van der Waals surface area contributed by atoms with E-state index in [-0.39, 0.29) is 6.04 Å². The first-order valence-electron chi connectivity index (χ1n) is 6.80. The molecule has 0 amide bonds. The number of benzene rings is 1. The van der Waals surface area contributed by atoms with Crippen molar-refractivity contribution >= 4 is 28.8 Å². The Morgan fingerprint density at radius 3 is 2.57 bits per heavy atom. The van der Waals surface area contributed by atoms with Gasteiger partial charge in [-0.05, 0) is 39.3 Å². The summed E-state index contributed by atoms with van der Waals surface area (Å²) in [4.78, 5) is 0. The molecule has 0 bridgehead atoms. The highest BCUT2D eigenvalue weighted by Gasteiger charge is 2.17. The molecule has 2 rings (SSSR count). The maximum atomic E-state index is 6.14. The quantitative estimate of drug-likeness (QED) is 0.893. The highest BCUT2D eigenvalue weighted by atomic mass is 35.5. The van der Waals surface area contributed by atoms with E-state index >= 15 is 0 Å². The number of nitrogen functional groups attached to an aromatic ring is 1. The van der Waals surface area contributed by atoms with Gasteiger partial charge in [0.1, 0.15) is 5.75 Å². The van der Waals surface area contributed by atoms with Gasteiger partial charge in [0, 0.05) is 17.1 Å². The van der Waals surface area contributed by atoms with Crippen LogP contribution >= 0.6 is 11.6 Å². The number of nitrogens with two attached hydrogens (primary N) is 1. The van der Waals surface area contributed by atoms with Crippen LogP contribution in [0, 0.1) is 13.8 Å². The van der Waals surface area contributed by atoms with Gasteiger partial charge in [-0.3, -0.25) is 0 Å². The predicted molar refractivity (Wildman–Crippen MR) is 87.8 cm³/mol. The highest BCUT2D eigenvalue weighted by molar-refractivity contribution is 6.31. The molecule has 5 nitrogen and oxygen atoms in total. The first-order chi connectivity index (χ1) is 9.85. The number of hydrogen-bond donors (Lipinski definition) is 2. The Hall–Kier alpha value is -1.88. The number of nitrogens with one attached hydrogen (secondary N) is 1. The number of nitrogens with zero attached hydrogens (tertiary/aromatic N) is 2. The summed E-state index contributed by atoms with van der Waals surface area (Å²) in [5.41, 5.74) is 9.35. The van der Waals surface area contributed by atoms with E-state index in [1.165, 1.54) is 0 Å². The third kappa shape index (κ3) is 2.93. The molecule has 6 heteroatoms. The molecule has 0 radical (unpaired) electrons. The maximum Gasteiger partial charge on any atom is 0.152 e. The minimum atomic E-state index is 0.197. The van der Waals surface area contributed by atoms with Crippen LogP contribution < -0.4 is 15.8 Å². The van der Waals surface area contributed by atoms with E-state index in [2.05, 4.69) is 24.3 Å². The third-order valence-corrected chi connectivity index (χ3v) is 3.76. The third-order valence-electron chi connectivity index (χ3n) is 3.35. The second-order valence-corrected chi connectivity index (χ2v) is 5.72. The van der Waals surface area contributed by atoms with Crippen LogP contribution in [-0.2, 0) is 0 Å². The lowest BCUT2D eigenvalue weighted by Gasteiger charge is -2.16. The zero-order chi connectivity index (χ0) is 15.7. The van der Waals surface area contributed by atoms with Gasteiger partial charge in [-0.2, -0.15) is 5.10 Å². The molecule has 0 atom stereocenters. The number of rotatable bonds is 4. The molecule has 0 spiro atoms. The summed E-state index contributed by atoms with van der Waals surface area (Å²) in [5, 5.41) is 8.45. The van der Waals surface area contributed by atoms with Crippen LogP contribution in [-0.4, -0.2) is 16.9 Å². The Kier molecular flexibility index (Phi) is 4.32. The molecule has 3 N–H and O–H groups in total. The maximum absolute atomic E-state index is 6.14. The first kappa shape index (κ1) is 15.5. The Balaban J connectivity index is 2.50. The van der Waals surface area contributed by atoms with Gasteiger partial charge >= 0.3 is 0 Å². The van der Waals surface area contributed by atoms with Crippen LogP contribution in [0.4, 0.5) is 17.2 Å². The Bertz CT molecular complexity index is 664. The van der Waals surface area contributed by atoms with Gasteiger partial charge in [0.05, 0.1) is 24.2 Å². The second-order valence-electron chi connectivity index (χ2n) is 5.31. The van der Waals surface area contributed by atoms with Crippen molar-refractivity contribution in [1.29, 1.82) is 0 Å². The summed E-state index contributed by atoms with van der Waals surface area (Å²) in [7, 11) is 1.61. The van der Waals surface area contributed by atoms with E-state index in [0.29, 0.717) is 16.5 Å². The summed E-state index contributed by atoms with van der Waals surface area (Å²) in [6.07, 6.45) is 0. The molecule has 21 heavy (non-hydrogen) atoms. The second kappa shape index (κ2) is 5.85. The number of aryl methyl sites for hydroxylation is 2. The minimum absolute atomic E-state index is 0.197.